The highest BCUT2D eigenvalue weighted by Crippen LogP contribution is 2.25. The van der Waals surface area contributed by atoms with Gasteiger partial charge in [-0.3, -0.25) is 18.9 Å². The molecule has 0 aliphatic rings. The van der Waals surface area contributed by atoms with E-state index in [4.69, 9.17) is 5.10 Å². The second kappa shape index (κ2) is 8.26. The SMILES string of the molecule is Cc1cccc(Cn2nc(C)c3c(CC(=O)c4cnc5cc(C(C)O)ccn45)cccc32)n1. The number of aromatic nitrogens is 5. The summed E-state index contributed by atoms with van der Waals surface area (Å²) in [5.41, 5.74) is 6.67. The van der Waals surface area contributed by atoms with E-state index in [1.54, 1.807) is 29.8 Å². The third-order valence-corrected chi connectivity index (χ3v) is 5.95. The van der Waals surface area contributed by atoms with Crippen molar-refractivity contribution in [2.45, 2.75) is 39.8 Å². The highest BCUT2D eigenvalue weighted by atomic mass is 16.3. The molecule has 5 rings (SSSR count). The molecule has 0 aliphatic heterocycles. The molecule has 0 amide bonds. The molecule has 0 radical (unpaired) electrons. The van der Waals surface area contributed by atoms with Gasteiger partial charge in [0.05, 0.1) is 35.8 Å². The monoisotopic (exact) mass is 439 g/mol. The first-order valence-corrected chi connectivity index (χ1v) is 11.0. The lowest BCUT2D eigenvalue weighted by Crippen LogP contribution is -2.08. The van der Waals surface area contributed by atoms with E-state index in [9.17, 15) is 9.90 Å². The van der Waals surface area contributed by atoms with Crippen LogP contribution < -0.4 is 0 Å². The summed E-state index contributed by atoms with van der Waals surface area (Å²) in [4.78, 5) is 22.2. The molecule has 1 unspecified atom stereocenters. The second-order valence-electron chi connectivity index (χ2n) is 8.43. The number of hydrogen-bond donors (Lipinski definition) is 1. The number of aliphatic hydroxyl groups is 1. The second-order valence-corrected chi connectivity index (χ2v) is 8.43. The van der Waals surface area contributed by atoms with Crippen molar-refractivity contribution in [1.29, 1.82) is 0 Å². The lowest BCUT2D eigenvalue weighted by atomic mass is 10.0. The fourth-order valence-corrected chi connectivity index (χ4v) is 4.34. The Balaban J connectivity index is 1.48. The van der Waals surface area contributed by atoms with Crippen LogP contribution in [0.4, 0.5) is 0 Å². The largest absolute Gasteiger partial charge is 0.389 e. The first kappa shape index (κ1) is 21.0. The Hall–Kier alpha value is -3.84. The molecule has 4 heterocycles. The van der Waals surface area contributed by atoms with Gasteiger partial charge in [-0.1, -0.05) is 18.2 Å². The van der Waals surface area contributed by atoms with Crippen molar-refractivity contribution in [3.05, 3.63) is 94.8 Å². The number of fused-ring (bicyclic) bond motifs is 2. The molecule has 0 saturated carbocycles. The average molecular weight is 440 g/mol. The molecule has 1 aromatic carbocycles. The summed E-state index contributed by atoms with van der Waals surface area (Å²) in [5.74, 6) is -0.0210. The zero-order valence-electron chi connectivity index (χ0n) is 18.9. The van der Waals surface area contributed by atoms with E-state index in [1.807, 2.05) is 61.0 Å². The van der Waals surface area contributed by atoms with Gasteiger partial charge in [0.2, 0.25) is 0 Å². The fourth-order valence-electron chi connectivity index (χ4n) is 4.34. The van der Waals surface area contributed by atoms with E-state index < -0.39 is 6.10 Å². The predicted molar refractivity (Wildman–Crippen MR) is 126 cm³/mol. The maximum Gasteiger partial charge on any atom is 0.185 e. The first-order valence-electron chi connectivity index (χ1n) is 11.0. The topological polar surface area (TPSA) is 85.3 Å². The number of imidazole rings is 1. The van der Waals surface area contributed by atoms with Crippen LogP contribution in [0.1, 0.15) is 51.7 Å². The molecular formula is C26H25N5O2. The summed E-state index contributed by atoms with van der Waals surface area (Å²) in [7, 11) is 0. The zero-order valence-corrected chi connectivity index (χ0v) is 18.9. The van der Waals surface area contributed by atoms with Crippen LogP contribution in [0.3, 0.4) is 0 Å². The Labute approximate surface area is 191 Å². The van der Waals surface area contributed by atoms with E-state index in [0.29, 0.717) is 17.9 Å². The number of hydrogen-bond acceptors (Lipinski definition) is 5. The van der Waals surface area contributed by atoms with Gasteiger partial charge in [0.1, 0.15) is 11.3 Å². The van der Waals surface area contributed by atoms with Gasteiger partial charge in [-0.05, 0) is 62.2 Å². The number of aliphatic hydroxyl groups excluding tert-OH is 1. The molecule has 166 valence electrons. The lowest BCUT2D eigenvalue weighted by molar-refractivity contribution is 0.0987. The van der Waals surface area contributed by atoms with Crippen LogP contribution in [0, 0.1) is 13.8 Å². The predicted octanol–water partition coefficient (Wildman–Crippen LogP) is 4.22. The minimum atomic E-state index is -0.585. The molecule has 1 atom stereocenters. The molecule has 0 spiro atoms. The zero-order chi connectivity index (χ0) is 23.1. The van der Waals surface area contributed by atoms with Gasteiger partial charge >= 0.3 is 0 Å². The highest BCUT2D eigenvalue weighted by molar-refractivity contribution is 5.99. The Bertz CT molecular complexity index is 1500. The number of rotatable bonds is 6. The highest BCUT2D eigenvalue weighted by Gasteiger charge is 2.18. The van der Waals surface area contributed by atoms with E-state index in [2.05, 4.69) is 9.97 Å². The van der Waals surface area contributed by atoms with Crippen LogP contribution in [0.15, 0.2) is 60.9 Å². The Morgan fingerprint density at radius 2 is 1.94 bits per heavy atom. The van der Waals surface area contributed by atoms with Crippen molar-refractivity contribution >= 4 is 22.3 Å². The van der Waals surface area contributed by atoms with E-state index in [1.165, 1.54) is 0 Å². The standard InChI is InChI=1S/C26H25N5O2/c1-16-6-4-8-21(28-16)15-31-22-9-5-7-20(26(22)17(2)29-31)12-24(33)23-14-27-25-13-19(18(3)32)10-11-30(23)25/h4-11,13-14,18,32H,12,15H2,1-3H3. The van der Waals surface area contributed by atoms with Crippen LogP contribution >= 0.6 is 0 Å². The molecule has 1 N–H and O–H groups in total. The van der Waals surface area contributed by atoms with Crippen molar-refractivity contribution in [1.82, 2.24) is 24.1 Å². The van der Waals surface area contributed by atoms with Gasteiger partial charge in [0, 0.05) is 23.7 Å². The molecular weight excluding hydrogens is 414 g/mol. The number of Topliss-reactive ketones (excluding diaryl/α,β-unsaturated/α-hetero) is 1. The van der Waals surface area contributed by atoms with E-state index >= 15 is 0 Å². The maximum absolute atomic E-state index is 13.3. The number of nitrogens with zero attached hydrogens (tertiary/aromatic N) is 5. The molecule has 33 heavy (non-hydrogen) atoms. The van der Waals surface area contributed by atoms with Crippen LogP contribution in [0.25, 0.3) is 16.6 Å². The first-order chi connectivity index (χ1) is 15.9. The number of carbonyl (C=O) groups is 1. The summed E-state index contributed by atoms with van der Waals surface area (Å²) in [6, 6.07) is 15.6. The Morgan fingerprint density at radius 1 is 1.12 bits per heavy atom. The summed E-state index contributed by atoms with van der Waals surface area (Å²) in [6.45, 7) is 6.23. The summed E-state index contributed by atoms with van der Waals surface area (Å²) in [6.07, 6.45) is 3.05. The van der Waals surface area contributed by atoms with Crippen LogP contribution in [0.5, 0.6) is 0 Å². The smallest absolute Gasteiger partial charge is 0.185 e. The number of carbonyl (C=O) groups excluding carboxylic acids is 1. The number of benzene rings is 1. The van der Waals surface area contributed by atoms with Crippen molar-refractivity contribution in [3.8, 4) is 0 Å². The summed E-state index contributed by atoms with van der Waals surface area (Å²) >= 11 is 0. The number of ketones is 1. The minimum absolute atomic E-state index is 0.0210. The van der Waals surface area contributed by atoms with E-state index in [0.717, 1.165) is 39.1 Å². The molecule has 7 nitrogen and oxygen atoms in total. The summed E-state index contributed by atoms with van der Waals surface area (Å²) < 4.78 is 3.72. The Morgan fingerprint density at radius 3 is 2.73 bits per heavy atom. The van der Waals surface area contributed by atoms with Gasteiger partial charge in [0.25, 0.3) is 0 Å². The van der Waals surface area contributed by atoms with Gasteiger partial charge in [0.15, 0.2) is 5.78 Å². The fraction of sp³-hybridized carbons (Fsp3) is 0.231. The van der Waals surface area contributed by atoms with Gasteiger partial charge in [-0.15, -0.1) is 0 Å². The third-order valence-electron chi connectivity index (χ3n) is 5.95. The number of pyridine rings is 2. The number of aryl methyl sites for hydroxylation is 2. The molecule has 5 aromatic rings. The third kappa shape index (κ3) is 3.91. The van der Waals surface area contributed by atoms with Crippen LogP contribution in [0.2, 0.25) is 0 Å². The van der Waals surface area contributed by atoms with Crippen molar-refractivity contribution in [2.75, 3.05) is 0 Å². The lowest BCUT2D eigenvalue weighted by Gasteiger charge is -2.07. The van der Waals surface area contributed by atoms with Crippen molar-refractivity contribution in [2.24, 2.45) is 0 Å². The van der Waals surface area contributed by atoms with Crippen LogP contribution in [-0.4, -0.2) is 35.0 Å². The van der Waals surface area contributed by atoms with Crippen molar-refractivity contribution < 1.29 is 9.90 Å². The molecule has 0 aliphatic carbocycles. The Kier molecular flexibility index (Phi) is 5.26. The molecule has 0 bridgehead atoms. The maximum atomic E-state index is 13.3. The van der Waals surface area contributed by atoms with Gasteiger partial charge in [-0.25, -0.2) is 4.98 Å². The molecule has 4 aromatic heterocycles. The van der Waals surface area contributed by atoms with E-state index in [-0.39, 0.29) is 12.2 Å². The quantitative estimate of drug-likeness (QED) is 0.400. The molecule has 0 fully saturated rings. The normalized spacial score (nSPS) is 12.5. The average Bonchev–Trinajstić information content (AvgIpc) is 3.35. The summed E-state index contributed by atoms with van der Waals surface area (Å²) in [5, 5.41) is 15.6. The minimum Gasteiger partial charge on any atom is -0.389 e. The van der Waals surface area contributed by atoms with Crippen molar-refractivity contribution in [3.63, 3.8) is 0 Å². The molecule has 0 saturated heterocycles. The molecule has 7 heteroatoms. The van der Waals surface area contributed by atoms with Crippen LogP contribution in [-0.2, 0) is 13.0 Å². The van der Waals surface area contributed by atoms with Gasteiger partial charge in [-0.2, -0.15) is 5.10 Å². The van der Waals surface area contributed by atoms with Gasteiger partial charge < -0.3 is 5.11 Å².